The number of rotatable bonds is 6. The molecule has 0 saturated carbocycles. The summed E-state index contributed by atoms with van der Waals surface area (Å²) < 4.78 is 31.4. The molecule has 0 unspecified atom stereocenters. The molecule has 3 rings (SSSR count). The molecule has 0 aromatic heterocycles. The smallest absolute Gasteiger partial charge is 0.310 e. The first kappa shape index (κ1) is 20.4. The van der Waals surface area contributed by atoms with Crippen molar-refractivity contribution in [2.24, 2.45) is 0 Å². The van der Waals surface area contributed by atoms with E-state index in [2.05, 4.69) is 5.32 Å². The summed E-state index contributed by atoms with van der Waals surface area (Å²) in [5.41, 5.74) is 0.963. The fourth-order valence-corrected chi connectivity index (χ4v) is 4.52. The number of carbonyl (C=O) groups excluding carboxylic acids is 1. The maximum Gasteiger partial charge on any atom is 0.310 e. The molecule has 0 radical (unpaired) electrons. The van der Waals surface area contributed by atoms with E-state index >= 15 is 0 Å². The lowest BCUT2D eigenvalue weighted by Crippen LogP contribution is -2.65. The van der Waals surface area contributed by atoms with Crippen LogP contribution < -0.4 is 5.32 Å². The molecule has 0 aliphatic carbocycles. The van der Waals surface area contributed by atoms with Gasteiger partial charge in [0.1, 0.15) is 13.1 Å². The third-order valence-electron chi connectivity index (χ3n) is 4.92. The highest BCUT2D eigenvalue weighted by molar-refractivity contribution is 7.88. The molecule has 1 amide bonds. The summed E-state index contributed by atoms with van der Waals surface area (Å²) in [5, 5.41) is 13.3. The van der Waals surface area contributed by atoms with E-state index < -0.39 is 10.0 Å². The number of quaternary nitrogens is 1. The Hall–Kier alpha value is -2.30. The van der Waals surface area contributed by atoms with Gasteiger partial charge in [-0.1, -0.05) is 18.2 Å². The average Bonchev–Trinajstić information content (AvgIpc) is 2.74. The molecule has 1 fully saturated rings. The molecular weight excluding hydrogens is 382 g/mol. The topological polar surface area (TPSA) is 95.9 Å². The van der Waals surface area contributed by atoms with Crippen LogP contribution in [0.2, 0.25) is 0 Å². The molecule has 2 aromatic rings. The van der Waals surface area contributed by atoms with Crippen LogP contribution in [0.15, 0.2) is 59.5 Å². The first-order valence-electron chi connectivity index (χ1n) is 9.04. The summed E-state index contributed by atoms with van der Waals surface area (Å²) in [6, 6.07) is 14.4. The number of anilines is 1. The van der Waals surface area contributed by atoms with Crippen LogP contribution in [0.3, 0.4) is 0 Å². The first-order valence-corrected chi connectivity index (χ1v) is 10.5. The van der Waals surface area contributed by atoms with Crippen molar-refractivity contribution in [3.63, 3.8) is 0 Å². The molecule has 0 spiro atoms. The monoisotopic (exact) mass is 406 g/mol. The average molecular weight is 406 g/mol. The summed E-state index contributed by atoms with van der Waals surface area (Å²) in [5.74, 6) is -0.288. The number of sulfonamides is 1. The molecular formula is C19H24N3O5S+. The third kappa shape index (κ3) is 4.08. The number of nitrogens with zero attached hydrogens (tertiary/aromatic N) is 2. The van der Waals surface area contributed by atoms with Gasteiger partial charge in [-0.25, -0.2) is 4.59 Å². The number of likely N-dealkylation sites (N-methyl/N-ethyl adjacent to an activating group) is 1. The Morgan fingerprint density at radius 2 is 1.71 bits per heavy atom. The minimum absolute atomic E-state index is 0.0508. The first-order chi connectivity index (χ1) is 13.4. The molecule has 1 aliphatic heterocycles. The van der Waals surface area contributed by atoms with E-state index in [9.17, 15) is 18.4 Å². The van der Waals surface area contributed by atoms with Gasteiger partial charge in [-0.05, 0) is 43.3 Å². The van der Waals surface area contributed by atoms with Gasteiger partial charge in [0.15, 0.2) is 0 Å². The van der Waals surface area contributed by atoms with Gasteiger partial charge >= 0.3 is 10.0 Å². The Bertz CT molecular complexity index is 910. The lowest BCUT2D eigenvalue weighted by molar-refractivity contribution is -1.05. The van der Waals surface area contributed by atoms with Gasteiger partial charge in [0.2, 0.25) is 0 Å². The van der Waals surface area contributed by atoms with Crippen molar-refractivity contribution in [1.82, 2.24) is 4.58 Å². The number of ether oxygens (including phenoxy) is 1. The number of hydrogen-bond donors (Lipinski definition) is 2. The van der Waals surface area contributed by atoms with Crippen LogP contribution in [-0.4, -0.2) is 61.5 Å². The highest BCUT2D eigenvalue weighted by Gasteiger charge is 2.44. The zero-order chi connectivity index (χ0) is 20.2. The standard InChI is InChI=1S/C19H23N3O5S/c1-2-22(12-14-27-15-13-22)21(24)28(25,26)18-10-8-17(9-11-18)20-19(23)16-6-4-3-5-7-16/h3-11,24H,2,12-15H2,1H3/p+1. The highest BCUT2D eigenvalue weighted by atomic mass is 32.2. The summed E-state index contributed by atoms with van der Waals surface area (Å²) in [4.78, 5) is 12.1. The second kappa shape index (κ2) is 8.38. The van der Waals surface area contributed by atoms with Crippen molar-refractivity contribution in [2.45, 2.75) is 11.8 Å². The predicted molar refractivity (Wildman–Crippen MR) is 103 cm³/mol. The van der Waals surface area contributed by atoms with Crippen molar-refractivity contribution >= 4 is 21.6 Å². The predicted octanol–water partition coefficient (Wildman–Crippen LogP) is 2.10. The Balaban J connectivity index is 1.77. The molecule has 2 aromatic carbocycles. The maximum absolute atomic E-state index is 12.9. The van der Waals surface area contributed by atoms with Crippen molar-refractivity contribution in [1.29, 1.82) is 0 Å². The number of hydrogen-bond acceptors (Lipinski definition) is 5. The molecule has 28 heavy (non-hydrogen) atoms. The highest BCUT2D eigenvalue weighted by Crippen LogP contribution is 2.24. The molecule has 9 heteroatoms. The van der Waals surface area contributed by atoms with Crippen LogP contribution in [0.4, 0.5) is 5.69 Å². The summed E-state index contributed by atoms with van der Waals surface area (Å²) >= 11 is 0. The molecule has 1 saturated heterocycles. The normalized spacial score (nSPS) is 16.7. The minimum atomic E-state index is -4.11. The quantitative estimate of drug-likeness (QED) is 0.566. The second-order valence-electron chi connectivity index (χ2n) is 6.54. The number of amides is 1. The fourth-order valence-electron chi connectivity index (χ4n) is 3.12. The summed E-state index contributed by atoms with van der Waals surface area (Å²) in [7, 11) is -4.11. The van der Waals surface area contributed by atoms with Gasteiger partial charge in [-0.3, -0.25) is 10.0 Å². The second-order valence-corrected chi connectivity index (χ2v) is 8.29. The number of carbonyl (C=O) groups is 1. The van der Waals surface area contributed by atoms with E-state index in [4.69, 9.17) is 4.74 Å². The summed E-state index contributed by atoms with van der Waals surface area (Å²) in [6.45, 7) is 3.75. The van der Waals surface area contributed by atoms with Crippen LogP contribution >= 0.6 is 0 Å². The van der Waals surface area contributed by atoms with Crippen LogP contribution in [0, 0.1) is 0 Å². The van der Waals surface area contributed by atoms with E-state index in [0.717, 1.165) is 0 Å². The summed E-state index contributed by atoms with van der Waals surface area (Å²) in [6.07, 6.45) is 0. The molecule has 0 atom stereocenters. The van der Waals surface area contributed by atoms with Gasteiger partial charge < -0.3 is 10.1 Å². The van der Waals surface area contributed by atoms with E-state index in [-0.39, 0.29) is 15.4 Å². The molecule has 1 aliphatic rings. The van der Waals surface area contributed by atoms with Gasteiger partial charge in [0.05, 0.1) is 29.2 Å². The SMILES string of the molecule is CC[N+]1(N(O)S(=O)(=O)c2ccc(NC(=O)c3ccccc3)cc2)CCOCC1. The lowest BCUT2D eigenvalue weighted by atomic mass is 10.2. The van der Waals surface area contributed by atoms with E-state index in [0.29, 0.717) is 48.7 Å². The minimum Gasteiger partial charge on any atom is -0.370 e. The molecule has 8 nitrogen and oxygen atoms in total. The van der Waals surface area contributed by atoms with Crippen molar-refractivity contribution in [2.75, 3.05) is 38.2 Å². The van der Waals surface area contributed by atoms with E-state index in [1.54, 1.807) is 24.3 Å². The fraction of sp³-hybridized carbons (Fsp3) is 0.316. The van der Waals surface area contributed by atoms with E-state index in [1.165, 1.54) is 24.3 Å². The van der Waals surface area contributed by atoms with Crippen LogP contribution in [0.25, 0.3) is 0 Å². The zero-order valence-electron chi connectivity index (χ0n) is 15.6. The van der Waals surface area contributed by atoms with Crippen molar-refractivity contribution in [3.8, 4) is 0 Å². The third-order valence-corrected chi connectivity index (χ3v) is 6.56. The van der Waals surface area contributed by atoms with Crippen molar-refractivity contribution in [3.05, 3.63) is 60.2 Å². The number of morpholine rings is 1. The van der Waals surface area contributed by atoms with Gasteiger partial charge in [-0.2, -0.15) is 8.42 Å². The Kier molecular flexibility index (Phi) is 6.11. The van der Waals surface area contributed by atoms with Crippen molar-refractivity contribution < 1.29 is 27.7 Å². The zero-order valence-corrected chi connectivity index (χ0v) is 16.4. The van der Waals surface area contributed by atoms with Crippen LogP contribution in [-0.2, 0) is 14.8 Å². The molecule has 1 heterocycles. The number of nitrogens with one attached hydrogen (secondary N) is 1. The Morgan fingerprint density at radius 3 is 2.29 bits per heavy atom. The molecule has 150 valence electrons. The van der Waals surface area contributed by atoms with Crippen LogP contribution in [0.5, 0.6) is 0 Å². The Labute approximate surface area is 164 Å². The number of benzene rings is 2. The van der Waals surface area contributed by atoms with Gasteiger partial charge in [0.25, 0.3) is 5.91 Å². The molecule has 0 bridgehead atoms. The van der Waals surface area contributed by atoms with Gasteiger partial charge in [0, 0.05) is 11.3 Å². The Morgan fingerprint density at radius 1 is 1.11 bits per heavy atom. The molecule has 2 N–H and O–H groups in total. The largest absolute Gasteiger partial charge is 0.370 e. The van der Waals surface area contributed by atoms with Crippen LogP contribution in [0.1, 0.15) is 17.3 Å². The van der Waals surface area contributed by atoms with Gasteiger partial charge in [-0.15, -0.1) is 0 Å². The maximum atomic E-state index is 12.9. The van der Waals surface area contributed by atoms with E-state index in [1.807, 2.05) is 13.0 Å². The lowest BCUT2D eigenvalue weighted by Gasteiger charge is -2.42.